The van der Waals surface area contributed by atoms with Crippen molar-refractivity contribution in [3.8, 4) is 11.5 Å². The molecule has 0 radical (unpaired) electrons. The van der Waals surface area contributed by atoms with Crippen LogP contribution in [0.4, 0.5) is 5.69 Å². The first-order chi connectivity index (χ1) is 15.0. The molecule has 3 aromatic rings. The summed E-state index contributed by atoms with van der Waals surface area (Å²) in [6.07, 6.45) is 3.59. The van der Waals surface area contributed by atoms with Crippen molar-refractivity contribution in [2.45, 2.75) is 13.5 Å². The zero-order valence-corrected chi connectivity index (χ0v) is 18.0. The number of hydrogen-bond acceptors (Lipinski definition) is 4. The topological polar surface area (TPSA) is 38.8 Å². The van der Waals surface area contributed by atoms with Gasteiger partial charge in [-0.05, 0) is 54.0 Å². The van der Waals surface area contributed by atoms with Gasteiger partial charge in [-0.2, -0.15) is 0 Å². The lowest BCUT2D eigenvalue weighted by atomic mass is 10.1. The standard InChI is InChI=1S/C27H25NO3/c1-5-19-6-8-21(9-7-19)17-30-24-15-14-23-26(29)25(31-27(23)18(24)2)16-20-10-12-22(13-11-20)28(3)4/h5-16H,1,17H2,2-4H3/b25-16-. The maximum absolute atomic E-state index is 12.8. The van der Waals surface area contributed by atoms with Gasteiger partial charge in [0.25, 0.3) is 0 Å². The third kappa shape index (κ3) is 4.24. The number of allylic oxidation sites excluding steroid dienone is 1. The number of anilines is 1. The second-order valence-electron chi connectivity index (χ2n) is 7.73. The van der Waals surface area contributed by atoms with Gasteiger partial charge < -0.3 is 14.4 Å². The summed E-state index contributed by atoms with van der Waals surface area (Å²) < 4.78 is 12.0. The average Bonchev–Trinajstić information content (AvgIpc) is 3.10. The van der Waals surface area contributed by atoms with E-state index in [0.717, 1.165) is 27.9 Å². The molecule has 0 atom stereocenters. The van der Waals surface area contributed by atoms with E-state index in [0.29, 0.717) is 29.4 Å². The van der Waals surface area contributed by atoms with E-state index in [9.17, 15) is 4.79 Å². The highest BCUT2D eigenvalue weighted by atomic mass is 16.5. The van der Waals surface area contributed by atoms with Crippen molar-refractivity contribution in [2.24, 2.45) is 0 Å². The molecule has 0 saturated heterocycles. The Morgan fingerprint density at radius 3 is 2.29 bits per heavy atom. The maximum atomic E-state index is 12.8. The Hall–Kier alpha value is -3.79. The van der Waals surface area contributed by atoms with E-state index in [1.807, 2.05) is 86.6 Å². The van der Waals surface area contributed by atoms with E-state index < -0.39 is 0 Å². The van der Waals surface area contributed by atoms with Crippen LogP contribution in [0.15, 0.2) is 73.0 Å². The molecule has 4 rings (SSSR count). The van der Waals surface area contributed by atoms with E-state index in [-0.39, 0.29) is 5.78 Å². The van der Waals surface area contributed by atoms with Gasteiger partial charge in [0.1, 0.15) is 18.1 Å². The third-order valence-electron chi connectivity index (χ3n) is 5.35. The molecule has 3 aromatic carbocycles. The van der Waals surface area contributed by atoms with Crippen molar-refractivity contribution < 1.29 is 14.3 Å². The Balaban J connectivity index is 1.52. The van der Waals surface area contributed by atoms with Crippen LogP contribution in [0.1, 0.15) is 32.6 Å². The zero-order chi connectivity index (χ0) is 22.0. The predicted octanol–water partition coefficient (Wildman–Crippen LogP) is 5.90. The first-order valence-electron chi connectivity index (χ1n) is 10.2. The molecule has 1 aliphatic heterocycles. The van der Waals surface area contributed by atoms with Gasteiger partial charge in [0.15, 0.2) is 5.76 Å². The number of Topliss-reactive ketones (excluding diaryl/α,β-unsaturated/α-hetero) is 1. The highest BCUT2D eigenvalue weighted by Gasteiger charge is 2.30. The quantitative estimate of drug-likeness (QED) is 0.474. The van der Waals surface area contributed by atoms with E-state index in [4.69, 9.17) is 9.47 Å². The number of benzene rings is 3. The highest BCUT2D eigenvalue weighted by Crippen LogP contribution is 2.39. The monoisotopic (exact) mass is 411 g/mol. The molecule has 0 fully saturated rings. The molecule has 0 bridgehead atoms. The molecule has 0 amide bonds. The van der Waals surface area contributed by atoms with Gasteiger partial charge in [-0.1, -0.05) is 49.1 Å². The lowest BCUT2D eigenvalue weighted by Gasteiger charge is -2.12. The summed E-state index contributed by atoms with van der Waals surface area (Å²) in [5, 5.41) is 0. The number of ether oxygens (including phenoxy) is 2. The normalized spacial score (nSPS) is 13.6. The lowest BCUT2D eigenvalue weighted by molar-refractivity contribution is 0.101. The fourth-order valence-corrected chi connectivity index (χ4v) is 3.46. The van der Waals surface area contributed by atoms with Crippen molar-refractivity contribution in [1.29, 1.82) is 0 Å². The van der Waals surface area contributed by atoms with Crippen molar-refractivity contribution in [3.05, 3.63) is 101 Å². The SMILES string of the molecule is C=Cc1ccc(COc2ccc3c(c2C)O/C(=C\c2ccc(N(C)C)cc2)C3=O)cc1. The van der Waals surface area contributed by atoms with Gasteiger partial charge in [-0.25, -0.2) is 0 Å². The molecule has 156 valence electrons. The van der Waals surface area contributed by atoms with Gasteiger partial charge in [-0.3, -0.25) is 4.79 Å². The molecule has 1 heterocycles. The second-order valence-corrected chi connectivity index (χ2v) is 7.73. The van der Waals surface area contributed by atoms with Crippen LogP contribution in [0.3, 0.4) is 0 Å². The van der Waals surface area contributed by atoms with Crippen LogP contribution in [-0.4, -0.2) is 19.9 Å². The van der Waals surface area contributed by atoms with Crippen LogP contribution in [0.5, 0.6) is 11.5 Å². The number of hydrogen-bond donors (Lipinski definition) is 0. The largest absolute Gasteiger partial charge is 0.488 e. The number of nitrogens with zero attached hydrogens (tertiary/aromatic N) is 1. The Morgan fingerprint density at radius 1 is 0.968 bits per heavy atom. The zero-order valence-electron chi connectivity index (χ0n) is 18.0. The summed E-state index contributed by atoms with van der Waals surface area (Å²) in [6.45, 7) is 6.12. The van der Waals surface area contributed by atoms with E-state index in [1.165, 1.54) is 0 Å². The summed E-state index contributed by atoms with van der Waals surface area (Å²) in [5.41, 5.74) is 5.53. The molecule has 0 aromatic heterocycles. The van der Waals surface area contributed by atoms with Crippen LogP contribution in [0.2, 0.25) is 0 Å². The van der Waals surface area contributed by atoms with Crippen LogP contribution < -0.4 is 14.4 Å². The summed E-state index contributed by atoms with van der Waals surface area (Å²) in [7, 11) is 3.99. The number of carbonyl (C=O) groups excluding carboxylic acids is 1. The molecule has 0 saturated carbocycles. The average molecular weight is 412 g/mol. The maximum Gasteiger partial charge on any atom is 0.231 e. The fraction of sp³-hybridized carbons (Fsp3) is 0.148. The smallest absolute Gasteiger partial charge is 0.231 e. The van der Waals surface area contributed by atoms with Crippen molar-refractivity contribution in [2.75, 3.05) is 19.0 Å². The Morgan fingerprint density at radius 2 is 1.65 bits per heavy atom. The molecule has 0 spiro atoms. The number of carbonyl (C=O) groups is 1. The first-order valence-corrected chi connectivity index (χ1v) is 10.2. The summed E-state index contributed by atoms with van der Waals surface area (Å²) in [5.74, 6) is 1.49. The molecule has 0 unspecified atom stereocenters. The molecule has 1 aliphatic rings. The lowest BCUT2D eigenvalue weighted by Crippen LogP contribution is -2.08. The molecule has 0 aliphatic carbocycles. The van der Waals surface area contributed by atoms with Crippen molar-refractivity contribution in [3.63, 3.8) is 0 Å². The second kappa shape index (κ2) is 8.52. The number of rotatable bonds is 6. The van der Waals surface area contributed by atoms with E-state index in [1.54, 1.807) is 12.1 Å². The number of fused-ring (bicyclic) bond motifs is 1. The fourth-order valence-electron chi connectivity index (χ4n) is 3.46. The van der Waals surface area contributed by atoms with E-state index in [2.05, 4.69) is 6.58 Å². The Labute approximate surface area is 183 Å². The van der Waals surface area contributed by atoms with Crippen LogP contribution in [0, 0.1) is 6.92 Å². The first kappa shape index (κ1) is 20.5. The Kier molecular flexibility index (Phi) is 5.63. The van der Waals surface area contributed by atoms with Crippen molar-refractivity contribution in [1.82, 2.24) is 0 Å². The van der Waals surface area contributed by atoms with Gasteiger partial charge >= 0.3 is 0 Å². The summed E-state index contributed by atoms with van der Waals surface area (Å²) >= 11 is 0. The van der Waals surface area contributed by atoms with Crippen LogP contribution in [0.25, 0.3) is 12.2 Å². The minimum absolute atomic E-state index is 0.110. The third-order valence-corrected chi connectivity index (χ3v) is 5.35. The van der Waals surface area contributed by atoms with Gasteiger partial charge in [0.05, 0.1) is 5.56 Å². The minimum Gasteiger partial charge on any atom is -0.488 e. The predicted molar refractivity (Wildman–Crippen MR) is 126 cm³/mol. The molecular weight excluding hydrogens is 386 g/mol. The molecule has 4 heteroatoms. The number of ketones is 1. The van der Waals surface area contributed by atoms with Crippen LogP contribution in [-0.2, 0) is 6.61 Å². The molecular formula is C27H25NO3. The summed E-state index contributed by atoms with van der Waals surface area (Å²) in [4.78, 5) is 14.9. The van der Waals surface area contributed by atoms with Gasteiger partial charge in [0.2, 0.25) is 5.78 Å². The van der Waals surface area contributed by atoms with Gasteiger partial charge in [0, 0.05) is 25.3 Å². The highest BCUT2D eigenvalue weighted by molar-refractivity contribution is 6.15. The summed E-state index contributed by atoms with van der Waals surface area (Å²) in [6, 6.07) is 19.6. The minimum atomic E-state index is -0.110. The van der Waals surface area contributed by atoms with Gasteiger partial charge in [-0.15, -0.1) is 0 Å². The molecule has 0 N–H and O–H groups in total. The van der Waals surface area contributed by atoms with E-state index >= 15 is 0 Å². The van der Waals surface area contributed by atoms with Crippen LogP contribution >= 0.6 is 0 Å². The molecule has 4 nitrogen and oxygen atoms in total. The van der Waals surface area contributed by atoms with Crippen molar-refractivity contribution >= 4 is 23.6 Å². The molecule has 31 heavy (non-hydrogen) atoms. The Bertz CT molecular complexity index is 1160.